The van der Waals surface area contributed by atoms with Crippen molar-refractivity contribution >= 4 is 22.3 Å². The van der Waals surface area contributed by atoms with Crippen molar-refractivity contribution in [2.75, 3.05) is 7.11 Å². The molecule has 86 valence electrons. The number of benzene rings is 1. The lowest BCUT2D eigenvalue weighted by Crippen LogP contribution is -2.10. The van der Waals surface area contributed by atoms with Crippen LogP contribution in [0, 0.1) is 0 Å². The van der Waals surface area contributed by atoms with Crippen molar-refractivity contribution in [3.05, 3.63) is 29.8 Å². The zero-order valence-corrected chi connectivity index (χ0v) is 9.27. The highest BCUT2D eigenvalue weighted by Gasteiger charge is 2.21. The summed E-state index contributed by atoms with van der Waals surface area (Å²) in [5.74, 6) is -0.744. The Morgan fingerprint density at radius 1 is 1.44 bits per heavy atom. The summed E-state index contributed by atoms with van der Waals surface area (Å²) < 4.78 is 30.8. The van der Waals surface area contributed by atoms with Crippen LogP contribution in [-0.2, 0) is 14.8 Å². The standard InChI is InChI=1S/C9H10N2O4S/c1-15-9(12)7-4-2-3-5-8(7)16(13,14)11-6-10/h2-6H,1H3,(H2,10,11). The van der Waals surface area contributed by atoms with Crippen molar-refractivity contribution in [1.29, 1.82) is 0 Å². The van der Waals surface area contributed by atoms with Crippen LogP contribution in [0.3, 0.4) is 0 Å². The van der Waals surface area contributed by atoms with Gasteiger partial charge in [0.2, 0.25) is 0 Å². The molecule has 0 aliphatic carbocycles. The molecule has 1 rings (SSSR count). The molecular weight excluding hydrogens is 232 g/mol. The molecule has 1 aromatic rings. The van der Waals surface area contributed by atoms with Crippen LogP contribution in [0.15, 0.2) is 33.6 Å². The van der Waals surface area contributed by atoms with E-state index in [2.05, 4.69) is 9.13 Å². The largest absolute Gasteiger partial charge is 0.465 e. The Kier molecular flexibility index (Phi) is 3.62. The van der Waals surface area contributed by atoms with Crippen LogP contribution in [0.4, 0.5) is 0 Å². The minimum Gasteiger partial charge on any atom is -0.465 e. The number of rotatable bonds is 3. The number of esters is 1. The van der Waals surface area contributed by atoms with Crippen LogP contribution in [0.25, 0.3) is 0 Å². The van der Waals surface area contributed by atoms with Crippen LogP contribution >= 0.6 is 0 Å². The lowest BCUT2D eigenvalue weighted by molar-refractivity contribution is 0.0596. The highest BCUT2D eigenvalue weighted by molar-refractivity contribution is 7.90. The van der Waals surface area contributed by atoms with Gasteiger partial charge in [-0.3, -0.25) is 0 Å². The third kappa shape index (κ3) is 2.37. The number of hydrogen-bond acceptors (Lipinski definition) is 4. The molecule has 0 saturated heterocycles. The van der Waals surface area contributed by atoms with Gasteiger partial charge in [-0.1, -0.05) is 12.1 Å². The molecule has 0 aliphatic heterocycles. The minimum absolute atomic E-state index is 0.0735. The maximum atomic E-state index is 11.6. The predicted octanol–water partition coefficient (Wildman–Crippen LogP) is 0.149. The molecule has 0 saturated carbocycles. The van der Waals surface area contributed by atoms with Crippen molar-refractivity contribution in [1.82, 2.24) is 0 Å². The van der Waals surface area contributed by atoms with Gasteiger partial charge in [-0.15, -0.1) is 0 Å². The molecule has 0 aromatic heterocycles. The second kappa shape index (κ2) is 4.75. The molecule has 0 amide bonds. The number of nitrogens with two attached hydrogens (primary N) is 1. The van der Waals surface area contributed by atoms with Gasteiger partial charge in [-0.25, -0.2) is 4.79 Å². The molecule has 0 bridgehead atoms. The Labute approximate surface area is 92.8 Å². The third-order valence-electron chi connectivity index (χ3n) is 1.77. The van der Waals surface area contributed by atoms with Crippen LogP contribution in [0.1, 0.15) is 10.4 Å². The Morgan fingerprint density at radius 3 is 2.62 bits per heavy atom. The zero-order valence-electron chi connectivity index (χ0n) is 8.45. The van der Waals surface area contributed by atoms with E-state index in [1.54, 1.807) is 0 Å². The number of methoxy groups -OCH3 is 1. The molecule has 0 fully saturated rings. The van der Waals surface area contributed by atoms with Crippen molar-refractivity contribution in [2.24, 2.45) is 10.1 Å². The fourth-order valence-corrected chi connectivity index (χ4v) is 2.06. The van der Waals surface area contributed by atoms with E-state index >= 15 is 0 Å². The van der Waals surface area contributed by atoms with E-state index in [0.29, 0.717) is 6.34 Å². The van der Waals surface area contributed by atoms with Crippen molar-refractivity contribution in [3.8, 4) is 0 Å². The van der Waals surface area contributed by atoms with Crippen molar-refractivity contribution in [2.45, 2.75) is 4.90 Å². The molecule has 1 aromatic carbocycles. The smallest absolute Gasteiger partial charge is 0.339 e. The number of carbonyl (C=O) groups is 1. The first-order chi connectivity index (χ1) is 7.53. The van der Waals surface area contributed by atoms with E-state index in [-0.39, 0.29) is 10.5 Å². The monoisotopic (exact) mass is 242 g/mol. The fourth-order valence-electron chi connectivity index (χ4n) is 1.11. The number of carbonyl (C=O) groups excluding carboxylic acids is 1. The summed E-state index contributed by atoms with van der Waals surface area (Å²) in [7, 11) is -2.79. The van der Waals surface area contributed by atoms with Gasteiger partial charge in [0.25, 0.3) is 10.0 Å². The van der Waals surface area contributed by atoms with E-state index in [0.717, 1.165) is 7.11 Å². The Bertz CT molecular complexity index is 522. The number of ether oxygens (including phenoxy) is 1. The maximum Gasteiger partial charge on any atom is 0.339 e. The van der Waals surface area contributed by atoms with Crippen molar-refractivity contribution in [3.63, 3.8) is 0 Å². The van der Waals surface area contributed by atoms with Crippen molar-refractivity contribution < 1.29 is 17.9 Å². The van der Waals surface area contributed by atoms with Gasteiger partial charge in [0.15, 0.2) is 0 Å². The summed E-state index contributed by atoms with van der Waals surface area (Å²) >= 11 is 0. The Hall–Kier alpha value is -1.89. The van der Waals surface area contributed by atoms with E-state index in [9.17, 15) is 13.2 Å². The van der Waals surface area contributed by atoms with Gasteiger partial charge in [-0.2, -0.15) is 12.8 Å². The van der Waals surface area contributed by atoms with E-state index in [1.165, 1.54) is 24.3 Å². The second-order valence-corrected chi connectivity index (χ2v) is 4.32. The average Bonchev–Trinajstić information content (AvgIpc) is 2.28. The van der Waals surface area contributed by atoms with E-state index in [1.807, 2.05) is 0 Å². The molecule has 0 heterocycles. The molecule has 0 radical (unpaired) electrons. The lowest BCUT2D eigenvalue weighted by atomic mass is 10.2. The van der Waals surface area contributed by atoms with E-state index < -0.39 is 16.0 Å². The molecular formula is C9H10N2O4S. The van der Waals surface area contributed by atoms with E-state index in [4.69, 9.17) is 5.73 Å². The zero-order chi connectivity index (χ0) is 12.2. The van der Waals surface area contributed by atoms with Crippen LogP contribution in [0.5, 0.6) is 0 Å². The van der Waals surface area contributed by atoms with Gasteiger partial charge in [-0.05, 0) is 12.1 Å². The first-order valence-corrected chi connectivity index (χ1v) is 5.65. The molecule has 0 aliphatic rings. The summed E-state index contributed by atoms with van der Waals surface area (Å²) in [6.07, 6.45) is 0.656. The summed E-state index contributed by atoms with van der Waals surface area (Å²) in [6.45, 7) is 0. The SMILES string of the molecule is COC(=O)c1ccccc1S(=O)(=O)N=CN. The quantitative estimate of drug-likeness (QED) is 0.462. The average molecular weight is 242 g/mol. The molecule has 16 heavy (non-hydrogen) atoms. The number of nitrogens with zero attached hydrogens (tertiary/aromatic N) is 1. The minimum atomic E-state index is -3.95. The fraction of sp³-hybridized carbons (Fsp3) is 0.111. The molecule has 7 heteroatoms. The highest BCUT2D eigenvalue weighted by Crippen LogP contribution is 2.18. The first-order valence-electron chi connectivity index (χ1n) is 4.21. The Balaban J connectivity index is 3.40. The Morgan fingerprint density at radius 2 is 2.06 bits per heavy atom. The molecule has 0 spiro atoms. The van der Waals surface area contributed by atoms with Gasteiger partial charge in [0, 0.05) is 0 Å². The normalized spacial score (nSPS) is 11.6. The van der Waals surface area contributed by atoms with Crippen LogP contribution in [-0.4, -0.2) is 27.8 Å². The van der Waals surface area contributed by atoms with Crippen LogP contribution in [0.2, 0.25) is 0 Å². The second-order valence-electron chi connectivity index (χ2n) is 2.72. The molecule has 2 N–H and O–H groups in total. The van der Waals surface area contributed by atoms with Crippen LogP contribution < -0.4 is 5.73 Å². The van der Waals surface area contributed by atoms with Gasteiger partial charge in [0.1, 0.15) is 4.90 Å². The maximum absolute atomic E-state index is 11.6. The summed E-state index contributed by atoms with van der Waals surface area (Å²) in [5, 5.41) is 0. The van der Waals surface area contributed by atoms with Gasteiger partial charge in [0.05, 0.1) is 19.0 Å². The summed E-state index contributed by atoms with van der Waals surface area (Å²) in [6, 6.07) is 5.60. The molecule has 6 nitrogen and oxygen atoms in total. The van der Waals surface area contributed by atoms with Gasteiger partial charge < -0.3 is 10.5 Å². The lowest BCUT2D eigenvalue weighted by Gasteiger charge is -2.04. The highest BCUT2D eigenvalue weighted by atomic mass is 32.2. The van der Waals surface area contributed by atoms with Gasteiger partial charge >= 0.3 is 5.97 Å². The predicted molar refractivity (Wildman–Crippen MR) is 57.6 cm³/mol. The number of hydrogen-bond donors (Lipinski definition) is 1. The summed E-state index contributed by atoms with van der Waals surface area (Å²) in [5.41, 5.74) is 4.85. The number of sulfonamides is 1. The topological polar surface area (TPSA) is 98.8 Å². The third-order valence-corrected chi connectivity index (χ3v) is 3.08. The first kappa shape index (κ1) is 12.2. The molecule has 0 atom stereocenters. The summed E-state index contributed by atoms with van der Waals surface area (Å²) in [4.78, 5) is 11.1. The molecule has 0 unspecified atom stereocenters.